The summed E-state index contributed by atoms with van der Waals surface area (Å²) in [6.45, 7) is 0.585. The first-order valence-corrected chi connectivity index (χ1v) is 10.0. The highest BCUT2D eigenvalue weighted by atomic mass is 35.5. The summed E-state index contributed by atoms with van der Waals surface area (Å²) in [5, 5.41) is 13.4. The molecule has 2 N–H and O–H groups in total. The van der Waals surface area contributed by atoms with Gasteiger partial charge >= 0.3 is 0 Å². The Morgan fingerprint density at radius 1 is 1.21 bits per heavy atom. The van der Waals surface area contributed by atoms with Crippen molar-refractivity contribution in [3.8, 4) is 0 Å². The molecular weight excluding hydrogens is 408 g/mol. The zero-order valence-corrected chi connectivity index (χ0v) is 16.0. The van der Waals surface area contributed by atoms with E-state index in [2.05, 4.69) is 15.0 Å². The zero-order valence-electron chi connectivity index (χ0n) is 14.4. The molecule has 0 unspecified atom stereocenters. The number of hydrogen-bond acceptors (Lipinski definition) is 6. The molecule has 28 heavy (non-hydrogen) atoms. The largest absolute Gasteiger partial charge is 0.322 e. The minimum atomic E-state index is -3.83. The Labute approximate surface area is 165 Å². The van der Waals surface area contributed by atoms with Gasteiger partial charge in [-0.25, -0.2) is 8.42 Å². The van der Waals surface area contributed by atoms with Crippen molar-refractivity contribution in [3.63, 3.8) is 0 Å². The number of amides is 1. The minimum Gasteiger partial charge on any atom is -0.322 e. The van der Waals surface area contributed by atoms with E-state index in [1.54, 1.807) is 0 Å². The number of hydrogen-bond donors (Lipinski definition) is 2. The number of halogens is 1. The van der Waals surface area contributed by atoms with Crippen LogP contribution in [-0.2, 0) is 10.0 Å². The first kappa shape index (κ1) is 19.8. The number of nitro benzene ring substituents is 1. The molecule has 0 spiro atoms. The van der Waals surface area contributed by atoms with Crippen LogP contribution in [0.4, 0.5) is 11.4 Å². The fourth-order valence-electron chi connectivity index (χ4n) is 2.57. The van der Waals surface area contributed by atoms with E-state index in [-0.39, 0.29) is 21.2 Å². The molecule has 1 aliphatic rings. The Morgan fingerprint density at radius 3 is 2.68 bits per heavy atom. The fourth-order valence-corrected chi connectivity index (χ4v) is 3.90. The summed E-state index contributed by atoms with van der Waals surface area (Å²) >= 11 is 5.74. The molecule has 0 saturated carbocycles. The third-order valence-electron chi connectivity index (χ3n) is 3.93. The lowest BCUT2D eigenvalue weighted by molar-refractivity contribution is -0.384. The van der Waals surface area contributed by atoms with Crippen LogP contribution < -0.4 is 10.0 Å². The highest BCUT2D eigenvalue weighted by Gasteiger charge is 2.20. The second-order valence-electron chi connectivity index (χ2n) is 5.94. The standard InChI is InChI=1S/C17H15ClN4O5S/c18-14-7-6-11(9-15(14)22(24)25)17(23)20-12-3-1-4-13(10-12)28(26,27)21-16-5-2-8-19-16/h1,3-4,6-7,9-10H,2,5,8H2,(H,19,21)(H,20,23). The quantitative estimate of drug-likeness (QED) is 0.564. The van der Waals surface area contributed by atoms with E-state index in [0.29, 0.717) is 18.8 Å². The lowest BCUT2D eigenvalue weighted by Crippen LogP contribution is -2.29. The smallest absolute Gasteiger partial charge is 0.288 e. The van der Waals surface area contributed by atoms with Gasteiger partial charge in [0, 0.05) is 30.3 Å². The van der Waals surface area contributed by atoms with Crippen LogP contribution in [0, 0.1) is 10.1 Å². The first-order chi connectivity index (χ1) is 13.3. The molecule has 0 aliphatic carbocycles. The zero-order chi connectivity index (χ0) is 20.3. The number of aliphatic imine (C=N–C) groups is 1. The van der Waals surface area contributed by atoms with Crippen molar-refractivity contribution < 1.29 is 18.1 Å². The molecule has 1 amide bonds. The number of amidine groups is 1. The van der Waals surface area contributed by atoms with Gasteiger partial charge in [0.1, 0.15) is 10.9 Å². The van der Waals surface area contributed by atoms with Crippen LogP contribution in [0.15, 0.2) is 52.4 Å². The van der Waals surface area contributed by atoms with Crippen LogP contribution in [0.2, 0.25) is 5.02 Å². The van der Waals surface area contributed by atoms with E-state index < -0.39 is 26.5 Å². The molecule has 146 valence electrons. The van der Waals surface area contributed by atoms with E-state index in [0.717, 1.165) is 12.5 Å². The molecule has 1 aliphatic heterocycles. The first-order valence-electron chi connectivity index (χ1n) is 8.18. The van der Waals surface area contributed by atoms with Crippen molar-refractivity contribution in [2.75, 3.05) is 11.9 Å². The summed E-state index contributed by atoms with van der Waals surface area (Å²) in [6.07, 6.45) is 1.35. The van der Waals surface area contributed by atoms with Gasteiger partial charge in [0.15, 0.2) is 0 Å². The maximum absolute atomic E-state index is 12.5. The van der Waals surface area contributed by atoms with Crippen LogP contribution in [0.25, 0.3) is 0 Å². The highest BCUT2D eigenvalue weighted by Crippen LogP contribution is 2.25. The lowest BCUT2D eigenvalue weighted by Gasteiger charge is -2.10. The van der Waals surface area contributed by atoms with Gasteiger partial charge < -0.3 is 5.32 Å². The molecule has 1 heterocycles. The number of carbonyl (C=O) groups excluding carboxylic acids is 1. The van der Waals surface area contributed by atoms with E-state index in [1.165, 1.54) is 36.4 Å². The summed E-state index contributed by atoms with van der Waals surface area (Å²) in [5.41, 5.74) is -0.159. The number of carbonyl (C=O) groups is 1. The molecule has 0 fully saturated rings. The summed E-state index contributed by atoms with van der Waals surface area (Å²) in [4.78, 5) is 26.7. The van der Waals surface area contributed by atoms with E-state index in [4.69, 9.17) is 11.6 Å². The highest BCUT2D eigenvalue weighted by molar-refractivity contribution is 7.90. The van der Waals surface area contributed by atoms with Crippen molar-refractivity contribution in [1.29, 1.82) is 0 Å². The van der Waals surface area contributed by atoms with Crippen LogP contribution in [-0.4, -0.2) is 31.6 Å². The summed E-state index contributed by atoms with van der Waals surface area (Å²) in [7, 11) is -3.83. The van der Waals surface area contributed by atoms with Gasteiger partial charge in [-0.15, -0.1) is 0 Å². The lowest BCUT2D eigenvalue weighted by atomic mass is 10.2. The Balaban J connectivity index is 1.80. The van der Waals surface area contributed by atoms with E-state index in [9.17, 15) is 23.3 Å². The number of rotatable bonds is 5. The third-order valence-corrected chi connectivity index (χ3v) is 5.63. The Morgan fingerprint density at radius 2 is 2.00 bits per heavy atom. The van der Waals surface area contributed by atoms with Crippen LogP contribution in [0.1, 0.15) is 23.2 Å². The van der Waals surface area contributed by atoms with Crippen LogP contribution in [0.5, 0.6) is 0 Å². The summed E-state index contributed by atoms with van der Waals surface area (Å²) in [6, 6.07) is 9.31. The van der Waals surface area contributed by atoms with Crippen molar-refractivity contribution in [3.05, 3.63) is 63.2 Å². The average molecular weight is 423 g/mol. The van der Waals surface area contributed by atoms with Gasteiger partial charge in [-0.2, -0.15) is 0 Å². The average Bonchev–Trinajstić information content (AvgIpc) is 3.14. The number of anilines is 1. The maximum Gasteiger partial charge on any atom is 0.288 e. The Bertz CT molecular complexity index is 1080. The summed E-state index contributed by atoms with van der Waals surface area (Å²) < 4.78 is 27.3. The third kappa shape index (κ3) is 4.46. The Kier molecular flexibility index (Phi) is 5.61. The van der Waals surface area contributed by atoms with E-state index in [1.807, 2.05) is 0 Å². The predicted molar refractivity (Wildman–Crippen MR) is 104 cm³/mol. The molecule has 0 aromatic heterocycles. The second kappa shape index (κ2) is 7.95. The number of nitro groups is 1. The normalized spacial score (nSPS) is 13.7. The predicted octanol–water partition coefficient (Wildman–Crippen LogP) is 2.97. The van der Waals surface area contributed by atoms with Crippen molar-refractivity contribution in [1.82, 2.24) is 4.72 Å². The van der Waals surface area contributed by atoms with Crippen LogP contribution in [0.3, 0.4) is 0 Å². The fraction of sp³-hybridized carbons (Fsp3) is 0.176. The van der Waals surface area contributed by atoms with Gasteiger partial charge in [-0.3, -0.25) is 24.6 Å². The molecule has 0 atom stereocenters. The van der Waals surface area contributed by atoms with Crippen molar-refractivity contribution >= 4 is 44.7 Å². The molecule has 3 rings (SSSR count). The maximum atomic E-state index is 12.5. The van der Waals surface area contributed by atoms with Gasteiger partial charge in [0.2, 0.25) is 0 Å². The van der Waals surface area contributed by atoms with Gasteiger partial charge in [-0.1, -0.05) is 17.7 Å². The van der Waals surface area contributed by atoms with Gasteiger partial charge in [-0.05, 0) is 36.8 Å². The van der Waals surface area contributed by atoms with Crippen molar-refractivity contribution in [2.45, 2.75) is 17.7 Å². The van der Waals surface area contributed by atoms with E-state index >= 15 is 0 Å². The molecule has 0 bridgehead atoms. The Hall–Kier alpha value is -2.98. The van der Waals surface area contributed by atoms with Gasteiger partial charge in [0.25, 0.3) is 21.6 Å². The van der Waals surface area contributed by atoms with Gasteiger partial charge in [0.05, 0.1) is 9.82 Å². The molecule has 2 aromatic rings. The molecular formula is C17H15ClN4O5S. The molecule has 9 nitrogen and oxygen atoms in total. The molecule has 11 heteroatoms. The number of sulfonamides is 1. The topological polar surface area (TPSA) is 131 Å². The number of benzene rings is 2. The monoisotopic (exact) mass is 422 g/mol. The number of nitrogens with one attached hydrogen (secondary N) is 2. The number of nitrogens with zero attached hydrogens (tertiary/aromatic N) is 2. The minimum absolute atomic E-state index is 0.0165. The molecule has 0 radical (unpaired) electrons. The molecule has 2 aromatic carbocycles. The second-order valence-corrected chi connectivity index (χ2v) is 8.03. The SMILES string of the molecule is O=C(Nc1cccc(S(=O)(=O)NC2=NCCC2)c1)c1ccc(Cl)c([N+](=O)[O-])c1. The van der Waals surface area contributed by atoms with Crippen molar-refractivity contribution in [2.24, 2.45) is 4.99 Å². The van der Waals surface area contributed by atoms with Crippen LogP contribution >= 0.6 is 11.6 Å². The summed E-state index contributed by atoms with van der Waals surface area (Å²) in [5.74, 6) is -0.231. The molecule has 0 saturated heterocycles.